The van der Waals surface area contributed by atoms with E-state index in [1.807, 2.05) is 6.92 Å². The van der Waals surface area contributed by atoms with Gasteiger partial charge in [0.05, 0.1) is 35.7 Å². The van der Waals surface area contributed by atoms with Gasteiger partial charge in [-0.05, 0) is 76.0 Å². The number of aromatic nitrogens is 4. The molecular formula is C27H32FN7O3. The average Bonchev–Trinajstić information content (AvgIpc) is 3.64. The highest BCUT2D eigenvalue weighted by atomic mass is 19.1. The minimum Gasteiger partial charge on any atom is -0.353 e. The smallest absolute Gasteiger partial charge is 0.230 e. The first-order valence-corrected chi connectivity index (χ1v) is 13.2. The monoisotopic (exact) mass is 521 g/mol. The van der Waals surface area contributed by atoms with Crippen molar-refractivity contribution in [2.75, 3.05) is 31.6 Å². The summed E-state index contributed by atoms with van der Waals surface area (Å²) in [7, 11) is 0. The van der Waals surface area contributed by atoms with Gasteiger partial charge in [0, 0.05) is 23.8 Å². The van der Waals surface area contributed by atoms with Gasteiger partial charge in [0.2, 0.25) is 18.1 Å². The predicted molar refractivity (Wildman–Crippen MR) is 138 cm³/mol. The van der Waals surface area contributed by atoms with E-state index >= 15 is 0 Å². The van der Waals surface area contributed by atoms with Crippen LogP contribution in [0.5, 0.6) is 0 Å². The quantitative estimate of drug-likeness (QED) is 0.374. The number of H-pyrrole nitrogens is 1. The molecule has 10 nitrogen and oxygen atoms in total. The van der Waals surface area contributed by atoms with Crippen LogP contribution in [0.25, 0.3) is 22.6 Å². The molecule has 3 fully saturated rings. The largest absolute Gasteiger partial charge is 0.353 e. The van der Waals surface area contributed by atoms with Crippen LogP contribution in [0.1, 0.15) is 44.7 Å². The van der Waals surface area contributed by atoms with Gasteiger partial charge in [0.15, 0.2) is 5.82 Å². The van der Waals surface area contributed by atoms with Crippen LogP contribution in [0.3, 0.4) is 0 Å². The zero-order valence-corrected chi connectivity index (χ0v) is 21.3. The Hall–Kier alpha value is -3.41. The summed E-state index contributed by atoms with van der Waals surface area (Å²) in [5.41, 5.74) is 1.84. The highest BCUT2D eigenvalue weighted by Gasteiger charge is 2.42. The third-order valence-electron chi connectivity index (χ3n) is 7.21. The highest BCUT2D eigenvalue weighted by molar-refractivity contribution is 5.83. The lowest BCUT2D eigenvalue weighted by Crippen LogP contribution is -2.49. The van der Waals surface area contributed by atoms with E-state index in [1.165, 1.54) is 12.1 Å². The molecule has 2 saturated heterocycles. The number of imidazole rings is 1. The predicted octanol–water partition coefficient (Wildman–Crippen LogP) is 3.17. The molecule has 11 heteroatoms. The highest BCUT2D eigenvalue weighted by Crippen LogP contribution is 2.36. The summed E-state index contributed by atoms with van der Waals surface area (Å²) in [5.74, 6) is 0.610. The maximum atomic E-state index is 13.7. The summed E-state index contributed by atoms with van der Waals surface area (Å²) in [6.07, 6.45) is 4.96. The van der Waals surface area contributed by atoms with E-state index in [9.17, 15) is 9.18 Å². The molecule has 0 atom stereocenters. The third-order valence-corrected chi connectivity index (χ3v) is 7.21. The first kappa shape index (κ1) is 24.9. The Balaban J connectivity index is 1.26. The molecule has 0 spiro atoms. The first-order valence-electron chi connectivity index (χ1n) is 13.2. The molecule has 2 aromatic heterocycles. The van der Waals surface area contributed by atoms with E-state index in [0.29, 0.717) is 34.9 Å². The van der Waals surface area contributed by atoms with E-state index in [1.54, 1.807) is 24.4 Å². The van der Waals surface area contributed by atoms with Crippen LogP contribution in [-0.4, -0.2) is 64.2 Å². The van der Waals surface area contributed by atoms with Crippen LogP contribution in [0.4, 0.5) is 10.3 Å². The summed E-state index contributed by atoms with van der Waals surface area (Å²) >= 11 is 0. The van der Waals surface area contributed by atoms with Crippen molar-refractivity contribution in [1.82, 2.24) is 30.6 Å². The fourth-order valence-electron chi connectivity index (χ4n) is 4.71. The van der Waals surface area contributed by atoms with Gasteiger partial charge in [0.25, 0.3) is 0 Å². The van der Waals surface area contributed by atoms with Crippen molar-refractivity contribution in [1.29, 1.82) is 0 Å². The molecule has 6 rings (SSSR count). The minimum absolute atomic E-state index is 0.0552. The van der Waals surface area contributed by atoms with Gasteiger partial charge in [-0.3, -0.25) is 4.79 Å². The van der Waals surface area contributed by atoms with Gasteiger partial charge in [-0.15, -0.1) is 0 Å². The maximum absolute atomic E-state index is 13.7. The molecule has 4 N–H and O–H groups in total. The molecule has 3 aliphatic rings. The van der Waals surface area contributed by atoms with Crippen molar-refractivity contribution in [3.05, 3.63) is 48.2 Å². The Kier molecular flexibility index (Phi) is 6.81. The summed E-state index contributed by atoms with van der Waals surface area (Å²) in [4.78, 5) is 30.0. The first-order chi connectivity index (χ1) is 18.5. The fourth-order valence-corrected chi connectivity index (χ4v) is 4.71. The fraction of sp³-hybridized carbons (Fsp3) is 0.481. The minimum atomic E-state index is -0.779. The molecule has 1 amide bonds. The van der Waals surface area contributed by atoms with E-state index in [0.717, 1.165) is 44.3 Å². The number of piperidine rings is 1. The van der Waals surface area contributed by atoms with Crippen LogP contribution < -0.4 is 16.0 Å². The average molecular weight is 522 g/mol. The van der Waals surface area contributed by atoms with Gasteiger partial charge >= 0.3 is 0 Å². The molecule has 1 aliphatic carbocycles. The number of ether oxygens (including phenoxy) is 2. The summed E-state index contributed by atoms with van der Waals surface area (Å²) in [6, 6.07) is 8.52. The number of hydrogen-bond donors (Lipinski definition) is 4. The standard InChI is InChI=1S/C27H32FN7O3/c1-27(25(36)31-18-6-7-18)14-37-24(38-15-27)23-34-21(16-2-4-17(28)5-3-16)22(35-23)20-10-13-30-26(33-20)32-19-8-11-29-12-9-19/h2-5,10,13,18-19,24,29H,6-9,11-12,14-15H2,1H3,(H,31,36)(H,34,35)(H,30,32,33). The van der Waals surface area contributed by atoms with Gasteiger partial charge in [-0.2, -0.15) is 0 Å². The van der Waals surface area contributed by atoms with E-state index < -0.39 is 11.7 Å². The van der Waals surface area contributed by atoms with E-state index in [4.69, 9.17) is 19.4 Å². The molecule has 4 heterocycles. The zero-order chi connectivity index (χ0) is 26.1. The topological polar surface area (TPSA) is 126 Å². The third kappa shape index (κ3) is 5.40. The molecule has 3 aromatic rings. The van der Waals surface area contributed by atoms with Gasteiger partial charge in [-0.25, -0.2) is 19.3 Å². The van der Waals surface area contributed by atoms with Crippen LogP contribution in [0.2, 0.25) is 0 Å². The second-order valence-corrected chi connectivity index (χ2v) is 10.5. The molecular weight excluding hydrogens is 489 g/mol. The lowest BCUT2D eigenvalue weighted by atomic mass is 9.91. The Morgan fingerprint density at radius 3 is 2.47 bits per heavy atom. The number of carbonyl (C=O) groups is 1. The van der Waals surface area contributed by atoms with Crippen molar-refractivity contribution < 1.29 is 18.7 Å². The Morgan fingerprint density at radius 1 is 1.03 bits per heavy atom. The number of aromatic amines is 1. The van der Waals surface area contributed by atoms with Crippen LogP contribution in [0.15, 0.2) is 36.5 Å². The molecule has 200 valence electrons. The summed E-state index contributed by atoms with van der Waals surface area (Å²) in [5, 5.41) is 9.83. The van der Waals surface area contributed by atoms with Crippen molar-refractivity contribution in [3.8, 4) is 22.6 Å². The zero-order valence-electron chi connectivity index (χ0n) is 21.3. The molecule has 0 radical (unpaired) electrons. The number of carbonyl (C=O) groups excluding carboxylic acids is 1. The molecule has 38 heavy (non-hydrogen) atoms. The lowest BCUT2D eigenvalue weighted by molar-refractivity contribution is -0.231. The van der Waals surface area contributed by atoms with Gasteiger partial charge in [-0.1, -0.05) is 0 Å². The van der Waals surface area contributed by atoms with Crippen molar-refractivity contribution in [2.45, 2.75) is 51.0 Å². The second-order valence-electron chi connectivity index (χ2n) is 10.5. The second kappa shape index (κ2) is 10.4. The SMILES string of the molecule is CC1(C(=O)NC2CC2)COC(c2nc(-c3ccc(F)cc3)c(-c3ccnc(NC4CCNCC4)n3)[nH]2)OC1. The Labute approximate surface area is 220 Å². The molecule has 2 aliphatic heterocycles. The number of nitrogens with one attached hydrogen (secondary N) is 4. The lowest BCUT2D eigenvalue weighted by Gasteiger charge is -2.35. The van der Waals surface area contributed by atoms with Crippen molar-refractivity contribution in [2.24, 2.45) is 5.41 Å². The van der Waals surface area contributed by atoms with Crippen LogP contribution in [0, 0.1) is 11.2 Å². The number of hydrogen-bond acceptors (Lipinski definition) is 8. The van der Waals surface area contributed by atoms with Gasteiger partial charge in [0.1, 0.15) is 5.82 Å². The Bertz CT molecular complexity index is 1280. The molecule has 1 aromatic carbocycles. The van der Waals surface area contributed by atoms with Crippen molar-refractivity contribution >= 4 is 11.9 Å². The Morgan fingerprint density at radius 2 is 1.76 bits per heavy atom. The number of amides is 1. The number of benzene rings is 1. The van der Waals surface area contributed by atoms with E-state index in [2.05, 4.69) is 25.9 Å². The van der Waals surface area contributed by atoms with Gasteiger partial charge < -0.3 is 30.4 Å². The van der Waals surface area contributed by atoms with Crippen LogP contribution in [-0.2, 0) is 14.3 Å². The molecule has 0 bridgehead atoms. The number of anilines is 1. The maximum Gasteiger partial charge on any atom is 0.230 e. The summed E-state index contributed by atoms with van der Waals surface area (Å²) in [6.45, 7) is 4.17. The molecule has 1 saturated carbocycles. The summed E-state index contributed by atoms with van der Waals surface area (Å²) < 4.78 is 25.7. The number of halogens is 1. The number of rotatable bonds is 7. The normalized spacial score (nSPS) is 24.2. The van der Waals surface area contributed by atoms with Crippen LogP contribution >= 0.6 is 0 Å². The number of nitrogens with zero attached hydrogens (tertiary/aromatic N) is 3. The van der Waals surface area contributed by atoms with E-state index in [-0.39, 0.29) is 31.0 Å². The molecule has 0 unspecified atom stereocenters. The van der Waals surface area contributed by atoms with Crippen molar-refractivity contribution in [3.63, 3.8) is 0 Å².